The molecule has 0 bridgehead atoms. The first-order valence-corrected chi connectivity index (χ1v) is 6.68. The van der Waals surface area contributed by atoms with Crippen LogP contribution in [0.4, 0.5) is 5.69 Å². The fourth-order valence-electron chi connectivity index (χ4n) is 1.28. The Kier molecular flexibility index (Phi) is 4.49. The SMILES string of the molecule is Cc1cccc(C(=O)NCCS(C)=O)c1N. The van der Waals surface area contributed by atoms with Gasteiger partial charge in [-0.3, -0.25) is 9.00 Å². The molecule has 0 aliphatic carbocycles. The molecule has 88 valence electrons. The highest BCUT2D eigenvalue weighted by molar-refractivity contribution is 7.84. The second kappa shape index (κ2) is 5.65. The number of aryl methyl sites for hydroxylation is 1. The van der Waals surface area contributed by atoms with Gasteiger partial charge in [-0.05, 0) is 18.6 Å². The molecule has 0 saturated heterocycles. The van der Waals surface area contributed by atoms with Crippen molar-refractivity contribution in [3.8, 4) is 0 Å². The second-order valence-electron chi connectivity index (χ2n) is 3.57. The van der Waals surface area contributed by atoms with Gasteiger partial charge in [0, 0.05) is 35.0 Å². The number of nitrogen functional groups attached to an aromatic ring is 1. The third-order valence-corrected chi connectivity index (χ3v) is 3.02. The predicted octanol–water partition coefficient (Wildman–Crippen LogP) is 0.686. The molecule has 1 unspecified atom stereocenters. The Balaban J connectivity index is 2.66. The quantitative estimate of drug-likeness (QED) is 0.760. The Labute approximate surface area is 97.7 Å². The van der Waals surface area contributed by atoms with Crippen LogP contribution in [0.25, 0.3) is 0 Å². The third-order valence-electron chi connectivity index (χ3n) is 2.24. The molecular weight excluding hydrogens is 224 g/mol. The standard InChI is InChI=1S/C11H16N2O2S/c1-8-4-3-5-9(10(8)12)11(14)13-6-7-16(2)15/h3-5H,6-7,12H2,1-2H3,(H,13,14). The molecule has 0 radical (unpaired) electrons. The Morgan fingerprint density at radius 3 is 2.81 bits per heavy atom. The van der Waals surface area contributed by atoms with E-state index in [0.29, 0.717) is 23.5 Å². The van der Waals surface area contributed by atoms with Crippen LogP contribution in [-0.2, 0) is 10.8 Å². The van der Waals surface area contributed by atoms with Gasteiger partial charge in [0.25, 0.3) is 5.91 Å². The number of carbonyl (C=O) groups excluding carboxylic acids is 1. The molecule has 5 heteroatoms. The second-order valence-corrected chi connectivity index (χ2v) is 5.12. The van der Waals surface area contributed by atoms with Crippen molar-refractivity contribution in [3.05, 3.63) is 29.3 Å². The normalized spacial score (nSPS) is 12.1. The van der Waals surface area contributed by atoms with Gasteiger partial charge < -0.3 is 11.1 Å². The highest BCUT2D eigenvalue weighted by Crippen LogP contribution is 2.15. The number of hydrogen-bond acceptors (Lipinski definition) is 3. The van der Waals surface area contributed by atoms with Crippen molar-refractivity contribution in [1.82, 2.24) is 5.32 Å². The molecule has 1 atom stereocenters. The number of para-hydroxylation sites is 1. The minimum absolute atomic E-state index is 0.216. The molecule has 0 aromatic heterocycles. The maximum Gasteiger partial charge on any atom is 0.253 e. The van der Waals surface area contributed by atoms with Gasteiger partial charge in [-0.25, -0.2) is 0 Å². The minimum atomic E-state index is -0.894. The van der Waals surface area contributed by atoms with E-state index in [4.69, 9.17) is 5.73 Å². The lowest BCUT2D eigenvalue weighted by Gasteiger charge is -2.08. The van der Waals surface area contributed by atoms with Gasteiger partial charge in [-0.1, -0.05) is 12.1 Å². The smallest absolute Gasteiger partial charge is 0.253 e. The van der Waals surface area contributed by atoms with Crippen LogP contribution < -0.4 is 11.1 Å². The number of rotatable bonds is 4. The number of benzene rings is 1. The molecule has 4 nitrogen and oxygen atoms in total. The Morgan fingerprint density at radius 1 is 1.50 bits per heavy atom. The monoisotopic (exact) mass is 240 g/mol. The zero-order valence-electron chi connectivity index (χ0n) is 9.45. The van der Waals surface area contributed by atoms with Crippen LogP contribution in [-0.4, -0.2) is 28.7 Å². The third kappa shape index (κ3) is 3.34. The summed E-state index contributed by atoms with van der Waals surface area (Å²) in [6, 6.07) is 5.33. The molecule has 0 saturated carbocycles. The minimum Gasteiger partial charge on any atom is -0.398 e. The van der Waals surface area contributed by atoms with Crippen LogP contribution in [0.1, 0.15) is 15.9 Å². The van der Waals surface area contributed by atoms with Crippen molar-refractivity contribution in [2.75, 3.05) is 24.3 Å². The number of anilines is 1. The average molecular weight is 240 g/mol. The van der Waals surface area contributed by atoms with Gasteiger partial charge in [0.05, 0.1) is 5.56 Å². The topological polar surface area (TPSA) is 72.2 Å². The van der Waals surface area contributed by atoms with Crippen molar-refractivity contribution in [1.29, 1.82) is 0 Å². The zero-order chi connectivity index (χ0) is 12.1. The van der Waals surface area contributed by atoms with E-state index in [1.54, 1.807) is 18.4 Å². The van der Waals surface area contributed by atoms with Crippen LogP contribution in [0.5, 0.6) is 0 Å². The van der Waals surface area contributed by atoms with Crippen molar-refractivity contribution >= 4 is 22.4 Å². The molecule has 1 amide bonds. The number of nitrogens with one attached hydrogen (secondary N) is 1. The number of nitrogens with two attached hydrogens (primary N) is 1. The number of amides is 1. The zero-order valence-corrected chi connectivity index (χ0v) is 10.3. The van der Waals surface area contributed by atoms with E-state index in [-0.39, 0.29) is 5.91 Å². The van der Waals surface area contributed by atoms with Crippen LogP contribution >= 0.6 is 0 Å². The van der Waals surface area contributed by atoms with E-state index in [9.17, 15) is 9.00 Å². The van der Waals surface area contributed by atoms with Gasteiger partial charge in [0.1, 0.15) is 0 Å². The molecule has 1 aromatic carbocycles. The van der Waals surface area contributed by atoms with E-state index in [1.165, 1.54) is 0 Å². The maximum atomic E-state index is 11.7. The van der Waals surface area contributed by atoms with Crippen molar-refractivity contribution in [2.24, 2.45) is 0 Å². The fraction of sp³-hybridized carbons (Fsp3) is 0.364. The average Bonchev–Trinajstić information content (AvgIpc) is 2.21. The lowest BCUT2D eigenvalue weighted by Crippen LogP contribution is -2.28. The fourth-order valence-corrected chi connectivity index (χ4v) is 1.67. The highest BCUT2D eigenvalue weighted by Gasteiger charge is 2.09. The molecule has 0 fully saturated rings. The largest absolute Gasteiger partial charge is 0.398 e. The van der Waals surface area contributed by atoms with Crippen molar-refractivity contribution < 1.29 is 9.00 Å². The number of hydrogen-bond donors (Lipinski definition) is 2. The predicted molar refractivity (Wildman–Crippen MR) is 66.9 cm³/mol. The molecule has 0 spiro atoms. The first kappa shape index (κ1) is 12.7. The van der Waals surface area contributed by atoms with Crippen molar-refractivity contribution in [2.45, 2.75) is 6.92 Å². The van der Waals surface area contributed by atoms with E-state index in [0.717, 1.165) is 5.56 Å². The Bertz CT molecular complexity index is 418. The highest BCUT2D eigenvalue weighted by atomic mass is 32.2. The molecule has 3 N–H and O–H groups in total. The maximum absolute atomic E-state index is 11.7. The summed E-state index contributed by atoms with van der Waals surface area (Å²) >= 11 is 0. The van der Waals surface area contributed by atoms with Crippen LogP contribution in [0.2, 0.25) is 0 Å². The van der Waals surface area contributed by atoms with Gasteiger partial charge >= 0.3 is 0 Å². The molecule has 16 heavy (non-hydrogen) atoms. The summed E-state index contributed by atoms with van der Waals surface area (Å²) < 4.78 is 10.8. The lowest BCUT2D eigenvalue weighted by atomic mass is 10.1. The number of carbonyl (C=O) groups is 1. The lowest BCUT2D eigenvalue weighted by molar-refractivity contribution is 0.0957. The summed E-state index contributed by atoms with van der Waals surface area (Å²) in [5.41, 5.74) is 7.65. The summed E-state index contributed by atoms with van der Waals surface area (Å²) in [7, 11) is -0.894. The molecule has 1 aromatic rings. The van der Waals surface area contributed by atoms with E-state index >= 15 is 0 Å². The Morgan fingerprint density at radius 2 is 2.19 bits per heavy atom. The summed E-state index contributed by atoms with van der Waals surface area (Å²) in [6.07, 6.45) is 1.60. The molecular formula is C11H16N2O2S. The summed E-state index contributed by atoms with van der Waals surface area (Å²) in [6.45, 7) is 2.25. The van der Waals surface area contributed by atoms with E-state index < -0.39 is 10.8 Å². The van der Waals surface area contributed by atoms with Crippen LogP contribution in [0, 0.1) is 6.92 Å². The summed E-state index contributed by atoms with van der Waals surface area (Å²) in [4.78, 5) is 11.7. The van der Waals surface area contributed by atoms with E-state index in [1.807, 2.05) is 13.0 Å². The summed E-state index contributed by atoms with van der Waals surface area (Å²) in [5.74, 6) is 0.240. The van der Waals surface area contributed by atoms with Gasteiger partial charge in [0.15, 0.2) is 0 Å². The first-order valence-electron chi connectivity index (χ1n) is 4.95. The van der Waals surface area contributed by atoms with Gasteiger partial charge in [0.2, 0.25) is 0 Å². The summed E-state index contributed by atoms with van der Waals surface area (Å²) in [5, 5.41) is 2.69. The van der Waals surface area contributed by atoms with Crippen LogP contribution in [0.3, 0.4) is 0 Å². The van der Waals surface area contributed by atoms with Gasteiger partial charge in [-0.15, -0.1) is 0 Å². The van der Waals surface area contributed by atoms with E-state index in [2.05, 4.69) is 5.32 Å². The first-order chi connectivity index (χ1) is 7.52. The Hall–Kier alpha value is -1.36. The molecule has 1 rings (SSSR count). The van der Waals surface area contributed by atoms with Gasteiger partial charge in [-0.2, -0.15) is 0 Å². The van der Waals surface area contributed by atoms with Crippen LogP contribution in [0.15, 0.2) is 18.2 Å². The molecule has 0 aliphatic rings. The molecule has 0 heterocycles. The van der Waals surface area contributed by atoms with Crippen molar-refractivity contribution in [3.63, 3.8) is 0 Å². The molecule has 0 aliphatic heterocycles.